The highest BCUT2D eigenvalue weighted by atomic mass is 35.5. The Hall–Kier alpha value is -2.21. The van der Waals surface area contributed by atoms with E-state index in [1.165, 1.54) is 11.3 Å². The van der Waals surface area contributed by atoms with E-state index in [2.05, 4.69) is 6.92 Å². The van der Waals surface area contributed by atoms with E-state index in [1.54, 1.807) is 23.5 Å². The summed E-state index contributed by atoms with van der Waals surface area (Å²) in [5, 5.41) is 3.62. The molecule has 0 bridgehead atoms. The van der Waals surface area contributed by atoms with Crippen molar-refractivity contribution in [1.29, 1.82) is 0 Å². The molecule has 0 amide bonds. The molecule has 1 unspecified atom stereocenters. The zero-order valence-corrected chi connectivity index (χ0v) is 18.6. The molecular weight excluding hydrogens is 416 g/mol. The Morgan fingerprint density at radius 3 is 2.73 bits per heavy atom. The van der Waals surface area contributed by atoms with Gasteiger partial charge in [-0.25, -0.2) is 9.78 Å². The molecule has 1 aliphatic rings. The molecule has 0 radical (unpaired) electrons. The number of rotatable bonds is 6. The van der Waals surface area contributed by atoms with Crippen molar-refractivity contribution < 1.29 is 9.63 Å². The van der Waals surface area contributed by atoms with Crippen LogP contribution >= 0.6 is 22.9 Å². The van der Waals surface area contributed by atoms with Gasteiger partial charge in [-0.05, 0) is 62.8 Å². The fourth-order valence-electron chi connectivity index (χ4n) is 3.80. The quantitative estimate of drug-likeness (QED) is 0.458. The minimum atomic E-state index is -0.276. The molecule has 1 atom stereocenters. The van der Waals surface area contributed by atoms with E-state index in [1.807, 2.05) is 47.5 Å². The van der Waals surface area contributed by atoms with Gasteiger partial charge < -0.3 is 4.84 Å². The molecule has 4 rings (SSSR count). The fourth-order valence-corrected chi connectivity index (χ4v) is 5.01. The third kappa shape index (κ3) is 5.28. The number of hydroxylamine groups is 2. The molecule has 2 aromatic carbocycles. The Balaban J connectivity index is 1.32. The molecule has 156 valence electrons. The number of aromatic nitrogens is 1. The number of aryl methyl sites for hydroxylation is 2. The first-order valence-corrected chi connectivity index (χ1v) is 11.5. The van der Waals surface area contributed by atoms with Crippen LogP contribution < -0.4 is 0 Å². The van der Waals surface area contributed by atoms with Crippen molar-refractivity contribution in [2.45, 2.75) is 32.6 Å². The van der Waals surface area contributed by atoms with Crippen LogP contribution in [-0.4, -0.2) is 29.1 Å². The van der Waals surface area contributed by atoms with Crippen molar-refractivity contribution in [3.63, 3.8) is 0 Å². The van der Waals surface area contributed by atoms with Gasteiger partial charge in [-0.3, -0.25) is 0 Å². The normalized spacial score (nSPS) is 17.1. The van der Waals surface area contributed by atoms with E-state index >= 15 is 0 Å². The van der Waals surface area contributed by atoms with Gasteiger partial charge in [-0.15, -0.1) is 16.4 Å². The van der Waals surface area contributed by atoms with Gasteiger partial charge in [0.1, 0.15) is 5.01 Å². The van der Waals surface area contributed by atoms with Gasteiger partial charge in [-0.1, -0.05) is 41.9 Å². The largest absolute Gasteiger partial charge is 0.364 e. The highest BCUT2D eigenvalue weighted by Gasteiger charge is 2.24. The molecule has 0 spiro atoms. The first kappa shape index (κ1) is 21.0. The lowest BCUT2D eigenvalue weighted by molar-refractivity contribution is -0.131. The van der Waals surface area contributed by atoms with Crippen molar-refractivity contribution in [3.05, 3.63) is 75.8 Å². The van der Waals surface area contributed by atoms with Gasteiger partial charge in [-0.2, -0.15) is 0 Å². The number of piperidine rings is 1. The van der Waals surface area contributed by atoms with Crippen LogP contribution in [0.15, 0.2) is 54.6 Å². The van der Waals surface area contributed by atoms with Crippen LogP contribution in [0.3, 0.4) is 0 Å². The maximum absolute atomic E-state index is 12.3. The Bertz CT molecular complexity index is 988. The van der Waals surface area contributed by atoms with Crippen molar-refractivity contribution in [1.82, 2.24) is 10.0 Å². The van der Waals surface area contributed by atoms with E-state index in [9.17, 15) is 4.79 Å². The molecule has 1 fully saturated rings. The van der Waals surface area contributed by atoms with Crippen LogP contribution in [0.4, 0.5) is 0 Å². The standard InChI is InChI=1S/C24H25ClN2O2S/c1-17-22(30-23(26-17)19-10-12-21(25)13-11-19)14-9-18-6-5-15-27(16-18)29-24(28)20-7-3-2-4-8-20/h2-4,7-8,10-13,18H,5-6,9,14-16H2,1H3. The first-order valence-electron chi connectivity index (χ1n) is 10.3. The second-order valence-corrected chi connectivity index (χ2v) is 9.23. The number of hydrogen-bond donors (Lipinski definition) is 0. The van der Waals surface area contributed by atoms with E-state index in [0.717, 1.165) is 53.6 Å². The third-order valence-corrected chi connectivity index (χ3v) is 6.98. The number of benzene rings is 2. The summed E-state index contributed by atoms with van der Waals surface area (Å²) < 4.78 is 0. The Morgan fingerprint density at radius 2 is 1.97 bits per heavy atom. The number of thiazole rings is 1. The summed E-state index contributed by atoms with van der Waals surface area (Å²) in [6.07, 6.45) is 4.29. The Kier molecular flexibility index (Phi) is 6.82. The summed E-state index contributed by atoms with van der Waals surface area (Å²) in [5.41, 5.74) is 2.80. The van der Waals surface area contributed by atoms with E-state index in [4.69, 9.17) is 21.4 Å². The summed E-state index contributed by atoms with van der Waals surface area (Å²) in [6, 6.07) is 17.0. The Labute approximate surface area is 186 Å². The third-order valence-electron chi connectivity index (χ3n) is 5.47. The summed E-state index contributed by atoms with van der Waals surface area (Å²) in [5.74, 6) is 0.241. The van der Waals surface area contributed by atoms with E-state index in [0.29, 0.717) is 11.5 Å². The monoisotopic (exact) mass is 440 g/mol. The smallest absolute Gasteiger partial charge is 0.357 e. The fraction of sp³-hybridized carbons (Fsp3) is 0.333. The summed E-state index contributed by atoms with van der Waals surface area (Å²) in [4.78, 5) is 24.0. The molecule has 30 heavy (non-hydrogen) atoms. The average molecular weight is 441 g/mol. The van der Waals surface area contributed by atoms with Crippen molar-refractivity contribution in [2.24, 2.45) is 5.92 Å². The minimum absolute atomic E-state index is 0.276. The lowest BCUT2D eigenvalue weighted by Gasteiger charge is -2.31. The number of halogens is 1. The number of carbonyl (C=O) groups excluding carboxylic acids is 1. The molecule has 6 heteroatoms. The topological polar surface area (TPSA) is 42.4 Å². The van der Waals surface area contributed by atoms with Crippen LogP contribution in [-0.2, 0) is 11.3 Å². The molecule has 1 saturated heterocycles. The van der Waals surface area contributed by atoms with Crippen LogP contribution in [0.25, 0.3) is 10.6 Å². The molecular formula is C24H25ClN2O2S. The number of hydrogen-bond acceptors (Lipinski definition) is 5. The molecule has 1 aliphatic heterocycles. The van der Waals surface area contributed by atoms with Crippen LogP contribution in [0.1, 0.15) is 40.2 Å². The SMILES string of the molecule is Cc1nc(-c2ccc(Cl)cc2)sc1CCC1CCCN(OC(=O)c2ccccc2)C1. The predicted molar refractivity (Wildman–Crippen MR) is 122 cm³/mol. The van der Waals surface area contributed by atoms with Gasteiger partial charge in [0.05, 0.1) is 11.3 Å². The minimum Gasteiger partial charge on any atom is -0.364 e. The van der Waals surface area contributed by atoms with Gasteiger partial charge in [0.25, 0.3) is 0 Å². The molecule has 1 aromatic heterocycles. The van der Waals surface area contributed by atoms with Crippen molar-refractivity contribution >= 4 is 28.9 Å². The van der Waals surface area contributed by atoms with Gasteiger partial charge >= 0.3 is 5.97 Å². The maximum Gasteiger partial charge on any atom is 0.357 e. The zero-order valence-electron chi connectivity index (χ0n) is 17.0. The Morgan fingerprint density at radius 1 is 1.20 bits per heavy atom. The van der Waals surface area contributed by atoms with Crippen molar-refractivity contribution in [2.75, 3.05) is 13.1 Å². The second-order valence-electron chi connectivity index (χ2n) is 7.71. The molecule has 4 nitrogen and oxygen atoms in total. The molecule has 2 heterocycles. The molecule has 3 aromatic rings. The van der Waals surface area contributed by atoms with Crippen molar-refractivity contribution in [3.8, 4) is 10.6 Å². The van der Waals surface area contributed by atoms with Crippen LogP contribution in [0.5, 0.6) is 0 Å². The van der Waals surface area contributed by atoms with E-state index in [-0.39, 0.29) is 5.97 Å². The average Bonchev–Trinajstić information content (AvgIpc) is 3.14. The highest BCUT2D eigenvalue weighted by Crippen LogP contribution is 2.31. The summed E-state index contributed by atoms with van der Waals surface area (Å²) >= 11 is 7.76. The van der Waals surface area contributed by atoms with E-state index < -0.39 is 0 Å². The molecule has 0 saturated carbocycles. The maximum atomic E-state index is 12.3. The first-order chi connectivity index (χ1) is 14.6. The lowest BCUT2D eigenvalue weighted by atomic mass is 9.94. The van der Waals surface area contributed by atoms with Gasteiger partial charge in [0, 0.05) is 28.6 Å². The highest BCUT2D eigenvalue weighted by molar-refractivity contribution is 7.15. The van der Waals surface area contributed by atoms with Gasteiger partial charge in [0.15, 0.2) is 0 Å². The predicted octanol–water partition coefficient (Wildman–Crippen LogP) is 6.19. The lowest BCUT2D eigenvalue weighted by Crippen LogP contribution is -2.37. The zero-order chi connectivity index (χ0) is 20.9. The van der Waals surface area contributed by atoms with Crippen LogP contribution in [0.2, 0.25) is 5.02 Å². The molecule has 0 N–H and O–H groups in total. The molecule has 0 aliphatic carbocycles. The van der Waals surface area contributed by atoms with Gasteiger partial charge in [0.2, 0.25) is 0 Å². The number of carbonyl (C=O) groups is 1. The van der Waals surface area contributed by atoms with Crippen LogP contribution in [0, 0.1) is 12.8 Å². The second kappa shape index (κ2) is 9.73. The summed E-state index contributed by atoms with van der Waals surface area (Å²) in [6.45, 7) is 3.68. The summed E-state index contributed by atoms with van der Waals surface area (Å²) in [7, 11) is 0. The number of nitrogens with zero attached hydrogens (tertiary/aromatic N) is 2.